The van der Waals surface area contributed by atoms with E-state index in [4.69, 9.17) is 4.74 Å². The second-order valence-corrected chi connectivity index (χ2v) is 11.9. The van der Waals surface area contributed by atoms with Crippen LogP contribution in [0.25, 0.3) is 0 Å². The third kappa shape index (κ3) is 9.14. The van der Waals surface area contributed by atoms with Gasteiger partial charge in [0.05, 0.1) is 12.9 Å². The number of ether oxygens (including phenoxy) is 1. The van der Waals surface area contributed by atoms with E-state index in [2.05, 4.69) is 21.2 Å². The zero-order valence-corrected chi connectivity index (χ0v) is 24.9. The van der Waals surface area contributed by atoms with E-state index in [0.717, 1.165) is 52.6 Å². The molecule has 206 valence electrons. The smallest absolute Gasteiger partial charge is 0.243 e. The lowest BCUT2D eigenvalue weighted by molar-refractivity contribution is -0.139. The van der Waals surface area contributed by atoms with Crippen LogP contribution in [0.5, 0.6) is 5.75 Å². The Bertz CT molecular complexity index is 1180. The highest BCUT2D eigenvalue weighted by molar-refractivity contribution is 9.10. The quantitative estimate of drug-likeness (QED) is 0.246. The number of benzene rings is 3. The zero-order chi connectivity index (χ0) is 27.5. The van der Waals surface area contributed by atoms with E-state index < -0.39 is 6.04 Å². The Morgan fingerprint density at radius 1 is 0.923 bits per heavy atom. The van der Waals surface area contributed by atoms with Crippen molar-refractivity contribution in [1.29, 1.82) is 0 Å². The van der Waals surface area contributed by atoms with E-state index in [-0.39, 0.29) is 17.9 Å². The third-order valence-electron chi connectivity index (χ3n) is 7.14. The molecule has 0 saturated heterocycles. The highest BCUT2D eigenvalue weighted by atomic mass is 79.9. The van der Waals surface area contributed by atoms with Crippen molar-refractivity contribution in [3.05, 3.63) is 100 Å². The van der Waals surface area contributed by atoms with Crippen molar-refractivity contribution in [2.24, 2.45) is 0 Å². The predicted molar refractivity (Wildman–Crippen MR) is 163 cm³/mol. The number of rotatable bonds is 12. The monoisotopic (exact) mass is 608 g/mol. The molecule has 0 aromatic heterocycles. The molecule has 0 heterocycles. The van der Waals surface area contributed by atoms with E-state index in [1.807, 2.05) is 78.9 Å². The molecule has 4 rings (SSSR count). The molecule has 1 saturated carbocycles. The molecule has 0 spiro atoms. The number of hydrogen-bond acceptors (Lipinski definition) is 4. The summed E-state index contributed by atoms with van der Waals surface area (Å²) in [5.41, 5.74) is 3.17. The lowest BCUT2D eigenvalue weighted by Crippen LogP contribution is -2.53. The minimum Gasteiger partial charge on any atom is -0.497 e. The van der Waals surface area contributed by atoms with Crippen LogP contribution in [0, 0.1) is 0 Å². The first-order chi connectivity index (χ1) is 19.0. The van der Waals surface area contributed by atoms with Gasteiger partial charge in [0.1, 0.15) is 11.8 Å². The summed E-state index contributed by atoms with van der Waals surface area (Å²) in [6.45, 7) is 0.380. The Hall–Kier alpha value is -2.77. The van der Waals surface area contributed by atoms with Crippen LogP contribution in [0.2, 0.25) is 0 Å². The largest absolute Gasteiger partial charge is 0.497 e. The average Bonchev–Trinajstić information content (AvgIpc) is 2.97. The van der Waals surface area contributed by atoms with Crippen LogP contribution in [0.1, 0.15) is 48.8 Å². The number of hydrogen-bond donors (Lipinski definition) is 1. The van der Waals surface area contributed by atoms with E-state index in [1.165, 1.54) is 6.42 Å². The number of amides is 2. The molecular weight excluding hydrogens is 572 g/mol. The molecule has 7 heteroatoms. The predicted octanol–water partition coefficient (Wildman–Crippen LogP) is 6.78. The average molecular weight is 610 g/mol. The van der Waals surface area contributed by atoms with Gasteiger partial charge in [-0.3, -0.25) is 9.59 Å². The topological polar surface area (TPSA) is 58.6 Å². The fourth-order valence-electron chi connectivity index (χ4n) is 4.95. The van der Waals surface area contributed by atoms with Crippen LogP contribution < -0.4 is 10.1 Å². The second kappa shape index (κ2) is 15.1. The van der Waals surface area contributed by atoms with Crippen LogP contribution in [0.3, 0.4) is 0 Å². The second-order valence-electron chi connectivity index (χ2n) is 10.0. The molecule has 0 aliphatic heterocycles. The van der Waals surface area contributed by atoms with Crippen LogP contribution in [0.4, 0.5) is 0 Å². The molecule has 1 atom stereocenters. The fourth-order valence-corrected chi connectivity index (χ4v) is 6.08. The van der Waals surface area contributed by atoms with Crippen molar-refractivity contribution in [2.75, 3.05) is 12.9 Å². The third-order valence-corrected chi connectivity index (χ3v) is 8.66. The summed E-state index contributed by atoms with van der Waals surface area (Å²) in [4.78, 5) is 29.4. The summed E-state index contributed by atoms with van der Waals surface area (Å²) in [6.07, 6.45) is 5.98. The van der Waals surface area contributed by atoms with Crippen molar-refractivity contribution in [1.82, 2.24) is 10.2 Å². The first kappa shape index (κ1) is 29.2. The fraction of sp³-hybridized carbons (Fsp3) is 0.375. The molecular formula is C32H37BrN2O3S. The lowest BCUT2D eigenvalue weighted by atomic mass is 9.94. The number of carbonyl (C=O) groups excluding carboxylic acids is 2. The summed E-state index contributed by atoms with van der Waals surface area (Å²) < 4.78 is 6.23. The lowest BCUT2D eigenvalue weighted by Gasteiger charge is -2.33. The van der Waals surface area contributed by atoms with E-state index in [1.54, 1.807) is 23.8 Å². The number of carbonyl (C=O) groups is 2. The van der Waals surface area contributed by atoms with Crippen molar-refractivity contribution in [2.45, 2.75) is 62.9 Å². The standard InChI is InChI=1S/C32H37BrN2O3S/c1-38-29-18-14-26(15-19-29)22-39-23-31(36)35(21-25-12-16-27(33)17-13-25)30(20-24-8-4-2-5-9-24)32(37)34-28-10-6-3-7-11-28/h2,4-5,8-9,12-19,28,30H,3,6-7,10-11,20-23H2,1H3,(H,34,37)/t30-/m1/s1. The summed E-state index contributed by atoms with van der Waals surface area (Å²) in [5.74, 6) is 1.73. The van der Waals surface area contributed by atoms with Crippen LogP contribution in [0.15, 0.2) is 83.3 Å². The van der Waals surface area contributed by atoms with Crippen LogP contribution in [-0.2, 0) is 28.3 Å². The van der Waals surface area contributed by atoms with E-state index >= 15 is 0 Å². The van der Waals surface area contributed by atoms with Crippen LogP contribution in [-0.4, -0.2) is 41.7 Å². The summed E-state index contributed by atoms with van der Waals surface area (Å²) in [6, 6.07) is 25.5. The Morgan fingerprint density at radius 3 is 2.26 bits per heavy atom. The van der Waals surface area contributed by atoms with Gasteiger partial charge in [0.25, 0.3) is 0 Å². The van der Waals surface area contributed by atoms with Gasteiger partial charge in [-0.2, -0.15) is 0 Å². The van der Waals surface area contributed by atoms with Crippen LogP contribution >= 0.6 is 27.7 Å². The highest BCUT2D eigenvalue weighted by Crippen LogP contribution is 2.22. The first-order valence-electron chi connectivity index (χ1n) is 13.6. The maximum Gasteiger partial charge on any atom is 0.243 e. The van der Waals surface area contributed by atoms with Crippen molar-refractivity contribution >= 4 is 39.5 Å². The van der Waals surface area contributed by atoms with Gasteiger partial charge in [-0.15, -0.1) is 11.8 Å². The van der Waals surface area contributed by atoms with E-state index in [9.17, 15) is 9.59 Å². The first-order valence-corrected chi connectivity index (χ1v) is 15.6. The minimum atomic E-state index is -0.591. The number of thioether (sulfide) groups is 1. The van der Waals surface area contributed by atoms with Gasteiger partial charge in [0.2, 0.25) is 11.8 Å². The summed E-state index contributed by atoms with van der Waals surface area (Å²) in [5, 5.41) is 3.30. The van der Waals surface area contributed by atoms with Gasteiger partial charge < -0.3 is 15.0 Å². The number of methoxy groups -OCH3 is 1. The normalized spacial score (nSPS) is 14.4. The SMILES string of the molecule is COc1ccc(CSCC(=O)N(Cc2ccc(Br)cc2)[C@H](Cc2ccccc2)C(=O)NC2CCCCC2)cc1. The van der Waals surface area contributed by atoms with Crippen molar-refractivity contribution in [3.63, 3.8) is 0 Å². The molecule has 0 radical (unpaired) electrons. The number of halogens is 1. The molecule has 1 fully saturated rings. The molecule has 1 N–H and O–H groups in total. The summed E-state index contributed by atoms with van der Waals surface area (Å²) in [7, 11) is 1.65. The molecule has 39 heavy (non-hydrogen) atoms. The van der Waals surface area contributed by atoms with Gasteiger partial charge in [-0.1, -0.05) is 89.8 Å². The number of nitrogens with one attached hydrogen (secondary N) is 1. The van der Waals surface area contributed by atoms with Gasteiger partial charge in [0, 0.05) is 29.2 Å². The van der Waals surface area contributed by atoms with Crippen molar-refractivity contribution in [3.8, 4) is 5.75 Å². The summed E-state index contributed by atoms with van der Waals surface area (Å²) >= 11 is 5.07. The molecule has 1 aliphatic rings. The molecule has 1 aliphatic carbocycles. The molecule has 0 unspecified atom stereocenters. The molecule has 0 bridgehead atoms. The van der Waals surface area contributed by atoms with E-state index in [0.29, 0.717) is 24.5 Å². The minimum absolute atomic E-state index is 0.0313. The Morgan fingerprint density at radius 2 is 1.59 bits per heavy atom. The maximum atomic E-state index is 13.8. The Balaban J connectivity index is 1.54. The van der Waals surface area contributed by atoms with Gasteiger partial charge in [0.15, 0.2) is 0 Å². The molecule has 5 nitrogen and oxygen atoms in total. The van der Waals surface area contributed by atoms with Gasteiger partial charge in [-0.25, -0.2) is 0 Å². The van der Waals surface area contributed by atoms with Gasteiger partial charge in [-0.05, 0) is 53.8 Å². The maximum absolute atomic E-state index is 13.8. The Kier molecular flexibility index (Phi) is 11.3. The Labute approximate surface area is 244 Å². The zero-order valence-electron chi connectivity index (χ0n) is 22.5. The van der Waals surface area contributed by atoms with Crippen molar-refractivity contribution < 1.29 is 14.3 Å². The molecule has 3 aromatic carbocycles. The molecule has 2 amide bonds. The number of nitrogens with zero attached hydrogens (tertiary/aromatic N) is 1. The molecule has 3 aromatic rings. The van der Waals surface area contributed by atoms with Gasteiger partial charge >= 0.3 is 0 Å². The highest BCUT2D eigenvalue weighted by Gasteiger charge is 2.31.